The Kier molecular flexibility index (Phi) is 4.67. The Bertz CT molecular complexity index is 243. The first-order valence-electron chi connectivity index (χ1n) is 5.19. The molecule has 0 radical (unpaired) electrons. The first-order chi connectivity index (χ1) is 6.32. The van der Waals surface area contributed by atoms with Crippen LogP contribution in [0.4, 0.5) is 0 Å². The molecule has 0 aliphatic carbocycles. The first-order valence-corrected chi connectivity index (χ1v) is 6.90. The lowest BCUT2D eigenvalue weighted by atomic mass is 9.75. The van der Waals surface area contributed by atoms with E-state index in [0.717, 1.165) is 0 Å². The zero-order valence-electron chi connectivity index (χ0n) is 10.7. The number of hydrogen-bond donors (Lipinski definition) is 0. The Labute approximate surface area is 111 Å². The Morgan fingerprint density at radius 2 is 1.33 bits per heavy atom. The van der Waals surface area contributed by atoms with Gasteiger partial charge in [-0.05, 0) is 17.8 Å². The van der Waals surface area contributed by atoms with Gasteiger partial charge in [-0.3, -0.25) is 4.79 Å². The summed E-state index contributed by atoms with van der Waals surface area (Å²) in [5, 5.41) is 0. The van der Waals surface area contributed by atoms with E-state index < -0.39 is 4.32 Å². The van der Waals surface area contributed by atoms with Crippen LogP contribution in [0.15, 0.2) is 0 Å². The average Bonchev–Trinajstić information content (AvgIpc) is 1.97. The van der Waals surface area contributed by atoms with Gasteiger partial charge in [0.1, 0.15) is 0 Å². The molecule has 0 saturated heterocycles. The average molecular weight is 342 g/mol. The molecule has 0 aromatic heterocycles. The molecule has 0 aliphatic heterocycles. The monoisotopic (exact) mass is 340 g/mol. The largest absolute Gasteiger partial charge is 0.297 e. The second kappa shape index (κ2) is 4.48. The lowest BCUT2D eigenvalue weighted by Gasteiger charge is -2.39. The van der Waals surface area contributed by atoms with Gasteiger partial charge >= 0.3 is 0 Å². The zero-order chi connectivity index (χ0) is 12.7. The van der Waals surface area contributed by atoms with Crippen molar-refractivity contribution >= 4 is 37.6 Å². The van der Waals surface area contributed by atoms with Crippen molar-refractivity contribution in [3.63, 3.8) is 0 Å². The maximum absolute atomic E-state index is 12.4. The summed E-state index contributed by atoms with van der Waals surface area (Å²) in [6.07, 6.45) is 0. The third-order valence-corrected chi connectivity index (χ3v) is 6.23. The summed E-state index contributed by atoms with van der Waals surface area (Å²) >= 11 is 7.09. The predicted octanol–water partition coefficient (Wildman–Crippen LogP) is 4.56. The fourth-order valence-electron chi connectivity index (χ4n) is 1.00. The minimum atomic E-state index is -0.499. The van der Waals surface area contributed by atoms with Crippen LogP contribution in [0.5, 0.6) is 0 Å². The summed E-state index contributed by atoms with van der Waals surface area (Å²) in [5.74, 6) is 0.211. The summed E-state index contributed by atoms with van der Waals surface area (Å²) in [4.78, 5) is 12.2. The molecule has 2 unspecified atom stereocenters. The quantitative estimate of drug-likeness (QED) is 0.672. The number of Topliss-reactive ketones (excluding diaryl/α,β-unsaturated/α-hetero) is 1. The van der Waals surface area contributed by atoms with Gasteiger partial charge in [0.25, 0.3) is 0 Å². The Balaban J connectivity index is 5.04. The van der Waals surface area contributed by atoms with Crippen molar-refractivity contribution in [2.75, 3.05) is 0 Å². The van der Waals surface area contributed by atoms with Crippen molar-refractivity contribution in [2.24, 2.45) is 10.8 Å². The van der Waals surface area contributed by atoms with E-state index in [0.29, 0.717) is 0 Å². The lowest BCUT2D eigenvalue weighted by Crippen LogP contribution is -2.48. The lowest BCUT2D eigenvalue weighted by molar-refractivity contribution is -0.124. The van der Waals surface area contributed by atoms with Crippen LogP contribution >= 0.6 is 31.9 Å². The molecule has 0 heterocycles. The van der Waals surface area contributed by atoms with E-state index in [4.69, 9.17) is 0 Å². The maximum Gasteiger partial charge on any atom is 0.163 e. The van der Waals surface area contributed by atoms with E-state index >= 15 is 0 Å². The molecular weight excluding hydrogens is 320 g/mol. The summed E-state index contributed by atoms with van der Waals surface area (Å²) < 4.78 is -0.499. The minimum absolute atomic E-state index is 0.0582. The van der Waals surface area contributed by atoms with E-state index in [-0.39, 0.29) is 21.4 Å². The third kappa shape index (κ3) is 3.55. The highest BCUT2D eigenvalue weighted by Gasteiger charge is 2.46. The van der Waals surface area contributed by atoms with Crippen molar-refractivity contribution in [3.8, 4) is 0 Å². The van der Waals surface area contributed by atoms with Crippen LogP contribution in [0.3, 0.4) is 0 Å². The number of halogens is 2. The predicted molar refractivity (Wildman–Crippen MR) is 74.0 cm³/mol. The van der Waals surface area contributed by atoms with Crippen LogP contribution in [0, 0.1) is 10.8 Å². The summed E-state index contributed by atoms with van der Waals surface area (Å²) in [5.41, 5.74) is -0.154. The Hall–Kier alpha value is 0.630. The highest BCUT2D eigenvalue weighted by Crippen LogP contribution is 2.43. The molecule has 0 spiro atoms. The van der Waals surface area contributed by atoms with Crippen molar-refractivity contribution in [1.82, 2.24) is 0 Å². The van der Waals surface area contributed by atoms with Gasteiger partial charge in [0, 0.05) is 0 Å². The molecule has 90 valence electrons. The van der Waals surface area contributed by atoms with E-state index in [2.05, 4.69) is 73.4 Å². The Morgan fingerprint density at radius 3 is 1.53 bits per heavy atom. The van der Waals surface area contributed by atoms with Crippen molar-refractivity contribution in [2.45, 2.75) is 57.6 Å². The molecule has 3 heteroatoms. The molecular formula is C12H22Br2O. The second-order valence-electron chi connectivity index (χ2n) is 6.35. The molecule has 0 rings (SSSR count). The van der Waals surface area contributed by atoms with E-state index in [1.807, 2.05) is 6.92 Å². The summed E-state index contributed by atoms with van der Waals surface area (Å²) in [6.45, 7) is 14.4. The molecule has 0 aliphatic rings. The maximum atomic E-state index is 12.4. The van der Waals surface area contributed by atoms with Crippen LogP contribution in [-0.4, -0.2) is 14.9 Å². The normalized spacial score (nSPS) is 19.5. The number of ketones is 1. The van der Waals surface area contributed by atoms with Crippen molar-refractivity contribution in [3.05, 3.63) is 0 Å². The summed E-state index contributed by atoms with van der Waals surface area (Å²) in [6, 6.07) is 0. The van der Waals surface area contributed by atoms with Gasteiger partial charge in [0.15, 0.2) is 5.78 Å². The standard InChI is InChI=1S/C12H22Br2O/c1-10(2,3)8(13)9(15)12(7,14)11(4,5)6/h8H,1-7H3. The fraction of sp³-hybridized carbons (Fsp3) is 0.917. The van der Waals surface area contributed by atoms with Gasteiger partial charge in [-0.25, -0.2) is 0 Å². The number of hydrogen-bond acceptors (Lipinski definition) is 1. The molecule has 1 nitrogen and oxygen atoms in total. The van der Waals surface area contributed by atoms with Crippen molar-refractivity contribution < 1.29 is 4.79 Å². The van der Waals surface area contributed by atoms with Gasteiger partial charge in [-0.15, -0.1) is 0 Å². The highest BCUT2D eigenvalue weighted by molar-refractivity contribution is 9.11. The van der Waals surface area contributed by atoms with Crippen LogP contribution < -0.4 is 0 Å². The number of alkyl halides is 2. The third-order valence-electron chi connectivity index (χ3n) is 2.86. The first kappa shape index (κ1) is 15.6. The molecule has 0 aromatic rings. The topological polar surface area (TPSA) is 17.1 Å². The Morgan fingerprint density at radius 1 is 1.00 bits per heavy atom. The van der Waals surface area contributed by atoms with Crippen molar-refractivity contribution in [1.29, 1.82) is 0 Å². The molecule has 0 amide bonds. The van der Waals surface area contributed by atoms with Gasteiger partial charge < -0.3 is 0 Å². The van der Waals surface area contributed by atoms with Crippen LogP contribution in [0.25, 0.3) is 0 Å². The van der Waals surface area contributed by atoms with E-state index in [1.54, 1.807) is 0 Å². The molecule has 0 aromatic carbocycles. The van der Waals surface area contributed by atoms with Gasteiger partial charge in [-0.1, -0.05) is 73.4 Å². The molecule has 0 fully saturated rings. The number of rotatable bonds is 2. The van der Waals surface area contributed by atoms with Crippen LogP contribution in [0.2, 0.25) is 0 Å². The second-order valence-corrected chi connectivity index (χ2v) is 8.85. The van der Waals surface area contributed by atoms with E-state index in [9.17, 15) is 4.79 Å². The molecule has 0 saturated carbocycles. The molecule has 0 N–H and O–H groups in total. The molecule has 0 bridgehead atoms. The zero-order valence-corrected chi connectivity index (χ0v) is 13.9. The van der Waals surface area contributed by atoms with Gasteiger partial charge in [0.2, 0.25) is 0 Å². The minimum Gasteiger partial charge on any atom is -0.297 e. The smallest absolute Gasteiger partial charge is 0.163 e. The molecule has 15 heavy (non-hydrogen) atoms. The number of carbonyl (C=O) groups excluding carboxylic acids is 1. The highest BCUT2D eigenvalue weighted by atomic mass is 79.9. The van der Waals surface area contributed by atoms with Gasteiger partial charge in [-0.2, -0.15) is 0 Å². The SMILES string of the molecule is CC(C)(C)C(Br)C(=O)C(C)(Br)C(C)(C)C. The van der Waals surface area contributed by atoms with E-state index in [1.165, 1.54) is 0 Å². The van der Waals surface area contributed by atoms with Crippen LogP contribution in [-0.2, 0) is 4.79 Å². The number of carbonyl (C=O) groups is 1. The van der Waals surface area contributed by atoms with Gasteiger partial charge in [0.05, 0.1) is 9.15 Å². The van der Waals surface area contributed by atoms with Crippen LogP contribution in [0.1, 0.15) is 48.5 Å². The molecule has 2 atom stereocenters. The fourth-order valence-corrected chi connectivity index (χ4v) is 1.99. The summed E-state index contributed by atoms with van der Waals surface area (Å²) in [7, 11) is 0.